The van der Waals surface area contributed by atoms with Gasteiger partial charge in [0.25, 0.3) is 0 Å². The Morgan fingerprint density at radius 1 is 1.07 bits per heavy atom. The van der Waals surface area contributed by atoms with Crippen molar-refractivity contribution in [2.75, 3.05) is 6.54 Å². The van der Waals surface area contributed by atoms with Crippen molar-refractivity contribution < 1.29 is 22.4 Å². The van der Waals surface area contributed by atoms with Gasteiger partial charge in [0.2, 0.25) is 10.0 Å². The molecule has 0 radical (unpaired) electrons. The fourth-order valence-electron chi connectivity index (χ4n) is 2.87. The summed E-state index contributed by atoms with van der Waals surface area (Å²) < 4.78 is 36.9. The molecule has 0 aliphatic carbocycles. The minimum Gasteiger partial charge on any atom is -0.457 e. The molecule has 3 rings (SSSR count). The fraction of sp³-hybridized carbons (Fsp3) is 0.238. The second-order valence-corrected chi connectivity index (χ2v) is 8.39. The molecule has 152 valence electrons. The summed E-state index contributed by atoms with van der Waals surface area (Å²) in [4.78, 5) is 24.3. The highest BCUT2D eigenvalue weighted by molar-refractivity contribution is 7.89. The molecule has 0 unspecified atom stereocenters. The Labute approximate surface area is 168 Å². The van der Waals surface area contributed by atoms with Crippen molar-refractivity contribution in [1.82, 2.24) is 4.72 Å². The molecule has 8 heteroatoms. The Bertz CT molecular complexity index is 1230. The molecule has 7 nitrogen and oxygen atoms in total. The molecule has 0 saturated carbocycles. The zero-order chi connectivity index (χ0) is 21.2. The van der Waals surface area contributed by atoms with Crippen molar-refractivity contribution in [3.8, 4) is 0 Å². The summed E-state index contributed by atoms with van der Waals surface area (Å²) >= 11 is 0. The monoisotopic (exact) mass is 415 g/mol. The lowest BCUT2D eigenvalue weighted by Crippen LogP contribution is -2.23. The molecule has 0 amide bonds. The number of carbonyl (C=O) groups is 1. The number of benzene rings is 2. The number of fused-ring (bicyclic) bond motifs is 1. The zero-order valence-corrected chi connectivity index (χ0v) is 17.1. The van der Waals surface area contributed by atoms with E-state index < -0.39 is 21.6 Å². The Balaban J connectivity index is 1.81. The van der Waals surface area contributed by atoms with E-state index in [4.69, 9.17) is 9.15 Å². The molecule has 1 heterocycles. The van der Waals surface area contributed by atoms with Gasteiger partial charge in [-0.3, -0.25) is 0 Å². The summed E-state index contributed by atoms with van der Waals surface area (Å²) in [5.74, 6) is -0.623. The van der Waals surface area contributed by atoms with E-state index in [2.05, 4.69) is 4.72 Å². The van der Waals surface area contributed by atoms with E-state index in [0.717, 1.165) is 11.1 Å². The summed E-state index contributed by atoms with van der Waals surface area (Å²) in [6.07, 6.45) is 0. The predicted molar refractivity (Wildman–Crippen MR) is 108 cm³/mol. The summed E-state index contributed by atoms with van der Waals surface area (Å²) in [6.45, 7) is 5.70. The first kappa shape index (κ1) is 20.8. The summed E-state index contributed by atoms with van der Waals surface area (Å²) in [7, 11) is -3.59. The molecule has 0 bridgehead atoms. The van der Waals surface area contributed by atoms with Crippen LogP contribution >= 0.6 is 0 Å². The van der Waals surface area contributed by atoms with Crippen molar-refractivity contribution >= 4 is 27.0 Å². The number of hydrogen-bond donors (Lipinski definition) is 1. The number of ether oxygens (including phenoxy) is 1. The number of carbonyl (C=O) groups excluding carboxylic acids is 1. The SMILES string of the molecule is CCNS(=O)(=O)c1ccc(C(=O)OCc2cc(=O)oc3cc(C)c(C)cc23)cc1. The lowest BCUT2D eigenvalue weighted by molar-refractivity contribution is 0.0473. The highest BCUT2D eigenvalue weighted by Crippen LogP contribution is 2.22. The van der Waals surface area contributed by atoms with E-state index in [1.165, 1.54) is 30.3 Å². The first-order valence-electron chi connectivity index (χ1n) is 9.02. The van der Waals surface area contributed by atoms with E-state index in [1.54, 1.807) is 13.0 Å². The molecular weight excluding hydrogens is 394 g/mol. The van der Waals surface area contributed by atoms with Gasteiger partial charge < -0.3 is 9.15 Å². The smallest absolute Gasteiger partial charge is 0.338 e. The molecule has 0 saturated heterocycles. The van der Waals surface area contributed by atoms with E-state index >= 15 is 0 Å². The number of hydrogen-bond acceptors (Lipinski definition) is 6. The van der Waals surface area contributed by atoms with Crippen molar-refractivity contribution in [2.45, 2.75) is 32.3 Å². The van der Waals surface area contributed by atoms with Gasteiger partial charge in [0.05, 0.1) is 10.5 Å². The Morgan fingerprint density at radius 2 is 1.72 bits per heavy atom. The van der Waals surface area contributed by atoms with Gasteiger partial charge in [0.1, 0.15) is 12.2 Å². The minimum atomic E-state index is -3.59. The maximum atomic E-state index is 12.4. The largest absolute Gasteiger partial charge is 0.457 e. The van der Waals surface area contributed by atoms with E-state index in [1.807, 2.05) is 19.9 Å². The third-order valence-corrected chi connectivity index (χ3v) is 6.10. The van der Waals surface area contributed by atoms with Crippen LogP contribution in [0.4, 0.5) is 0 Å². The summed E-state index contributed by atoms with van der Waals surface area (Å²) in [5.41, 5.74) is 2.67. The van der Waals surface area contributed by atoms with Crippen molar-refractivity contribution in [2.24, 2.45) is 0 Å². The molecule has 0 spiro atoms. The molecule has 0 aliphatic rings. The van der Waals surface area contributed by atoms with Crippen LogP contribution in [-0.2, 0) is 21.4 Å². The molecule has 1 aromatic heterocycles. The van der Waals surface area contributed by atoms with E-state index in [-0.39, 0.29) is 23.6 Å². The van der Waals surface area contributed by atoms with Crippen molar-refractivity contribution in [3.05, 3.63) is 75.1 Å². The number of rotatable bonds is 6. The maximum absolute atomic E-state index is 12.4. The van der Waals surface area contributed by atoms with Crippen LogP contribution in [0.3, 0.4) is 0 Å². The van der Waals surface area contributed by atoms with Gasteiger partial charge >= 0.3 is 11.6 Å². The zero-order valence-electron chi connectivity index (χ0n) is 16.3. The van der Waals surface area contributed by atoms with Gasteiger partial charge in [-0.25, -0.2) is 22.7 Å². The quantitative estimate of drug-likeness (QED) is 0.490. The maximum Gasteiger partial charge on any atom is 0.338 e. The third-order valence-electron chi connectivity index (χ3n) is 4.54. The first-order valence-corrected chi connectivity index (χ1v) is 10.5. The van der Waals surface area contributed by atoms with Crippen LogP contribution in [0.25, 0.3) is 11.0 Å². The molecule has 0 atom stereocenters. The van der Waals surface area contributed by atoms with Crippen molar-refractivity contribution in [1.29, 1.82) is 0 Å². The molecule has 3 aromatic rings. The molecule has 0 aliphatic heterocycles. The Morgan fingerprint density at radius 3 is 2.38 bits per heavy atom. The van der Waals surface area contributed by atoms with Gasteiger partial charge in [-0.2, -0.15) is 0 Å². The number of sulfonamides is 1. The Hall–Kier alpha value is -2.97. The van der Waals surface area contributed by atoms with Crippen LogP contribution in [0.1, 0.15) is 34.0 Å². The highest BCUT2D eigenvalue weighted by Gasteiger charge is 2.15. The van der Waals surface area contributed by atoms with Gasteiger partial charge in [-0.15, -0.1) is 0 Å². The van der Waals surface area contributed by atoms with Crippen LogP contribution in [0.5, 0.6) is 0 Å². The van der Waals surface area contributed by atoms with Gasteiger partial charge in [-0.05, 0) is 61.4 Å². The molecule has 2 aromatic carbocycles. The highest BCUT2D eigenvalue weighted by atomic mass is 32.2. The summed E-state index contributed by atoms with van der Waals surface area (Å²) in [6, 6.07) is 10.4. The molecule has 29 heavy (non-hydrogen) atoms. The second kappa shape index (κ2) is 8.18. The third kappa shape index (κ3) is 4.55. The lowest BCUT2D eigenvalue weighted by atomic mass is 10.0. The molecule has 0 fully saturated rings. The number of nitrogens with one attached hydrogen (secondary N) is 1. The summed E-state index contributed by atoms with van der Waals surface area (Å²) in [5, 5.41) is 0.701. The standard InChI is InChI=1S/C21H21NO6S/c1-4-22-29(25,26)17-7-5-15(6-8-17)21(24)27-12-16-11-20(23)28-19-10-14(3)13(2)9-18(16)19/h5-11,22H,4,12H2,1-3H3. The van der Waals surface area contributed by atoms with E-state index in [0.29, 0.717) is 16.5 Å². The Kier molecular flexibility index (Phi) is 5.86. The van der Waals surface area contributed by atoms with Gasteiger partial charge in [0, 0.05) is 23.6 Å². The van der Waals surface area contributed by atoms with Crippen LogP contribution < -0.4 is 10.3 Å². The van der Waals surface area contributed by atoms with Crippen LogP contribution in [0.15, 0.2) is 56.6 Å². The van der Waals surface area contributed by atoms with Gasteiger partial charge in [0.15, 0.2) is 0 Å². The first-order chi connectivity index (χ1) is 13.7. The second-order valence-electron chi connectivity index (χ2n) is 6.63. The van der Waals surface area contributed by atoms with E-state index in [9.17, 15) is 18.0 Å². The molecular formula is C21H21NO6S. The molecule has 1 N–H and O–H groups in total. The normalized spacial score (nSPS) is 11.6. The average molecular weight is 415 g/mol. The number of esters is 1. The van der Waals surface area contributed by atoms with Crippen LogP contribution in [-0.4, -0.2) is 20.9 Å². The van der Waals surface area contributed by atoms with Crippen molar-refractivity contribution in [3.63, 3.8) is 0 Å². The lowest BCUT2D eigenvalue weighted by Gasteiger charge is -2.10. The average Bonchev–Trinajstić information content (AvgIpc) is 2.67. The van der Waals surface area contributed by atoms with Crippen LogP contribution in [0.2, 0.25) is 0 Å². The van der Waals surface area contributed by atoms with Crippen LogP contribution in [0, 0.1) is 13.8 Å². The van der Waals surface area contributed by atoms with Gasteiger partial charge in [-0.1, -0.05) is 6.92 Å². The minimum absolute atomic E-state index is 0.0633. The topological polar surface area (TPSA) is 103 Å². The fourth-order valence-corrected chi connectivity index (χ4v) is 3.91. The predicted octanol–water partition coefficient (Wildman–Crippen LogP) is 3.07. The number of aryl methyl sites for hydroxylation is 2.